The molecule has 1 amide bonds. The molecule has 3 aliphatic rings. The number of halogens is 3. The molecule has 196 valence electrons. The number of amides is 1. The molecule has 9 heteroatoms. The van der Waals surface area contributed by atoms with E-state index < -0.39 is 17.8 Å². The Bertz CT molecular complexity index is 1130. The van der Waals surface area contributed by atoms with Crippen LogP contribution in [0.4, 0.5) is 18.9 Å². The number of hydrogen-bond donors (Lipinski definition) is 3. The Morgan fingerprint density at radius 2 is 1.83 bits per heavy atom. The number of hydrogen-bond acceptors (Lipinski definition) is 4. The van der Waals surface area contributed by atoms with Crippen molar-refractivity contribution in [2.45, 2.75) is 89.9 Å². The minimum absolute atomic E-state index is 0.117. The normalized spacial score (nSPS) is 23.8. The lowest BCUT2D eigenvalue weighted by molar-refractivity contribution is -0.142. The van der Waals surface area contributed by atoms with Crippen LogP contribution < -0.4 is 16.4 Å². The molecule has 0 aliphatic heterocycles. The molecule has 0 radical (unpaired) electrons. The Hall–Kier alpha value is -2.55. The zero-order valence-corrected chi connectivity index (χ0v) is 21.0. The van der Waals surface area contributed by atoms with Gasteiger partial charge >= 0.3 is 6.18 Å². The van der Waals surface area contributed by atoms with Crippen molar-refractivity contribution in [3.8, 4) is 5.69 Å². The van der Waals surface area contributed by atoms with E-state index in [9.17, 15) is 18.0 Å². The summed E-state index contributed by atoms with van der Waals surface area (Å²) in [5.41, 5.74) is 7.01. The van der Waals surface area contributed by atoms with Crippen molar-refractivity contribution < 1.29 is 18.0 Å². The number of benzene rings is 1. The van der Waals surface area contributed by atoms with Gasteiger partial charge in [-0.25, -0.2) is 4.68 Å². The van der Waals surface area contributed by atoms with Gasteiger partial charge in [-0.15, -0.1) is 0 Å². The molecule has 1 aromatic carbocycles. The van der Waals surface area contributed by atoms with Gasteiger partial charge in [-0.2, -0.15) is 18.3 Å². The molecule has 0 unspecified atom stereocenters. The molecule has 5 rings (SSSR count). The summed E-state index contributed by atoms with van der Waals surface area (Å²) in [6, 6.07) is 5.66. The molecule has 0 spiro atoms. The van der Waals surface area contributed by atoms with Crippen molar-refractivity contribution in [3.63, 3.8) is 0 Å². The summed E-state index contributed by atoms with van der Waals surface area (Å²) < 4.78 is 42.9. The van der Waals surface area contributed by atoms with Crippen LogP contribution in [0.3, 0.4) is 0 Å². The van der Waals surface area contributed by atoms with Crippen molar-refractivity contribution in [2.75, 3.05) is 11.9 Å². The maximum Gasteiger partial charge on any atom is 0.435 e. The highest BCUT2D eigenvalue weighted by molar-refractivity contribution is 5.99. The molecule has 0 atom stereocenters. The van der Waals surface area contributed by atoms with Crippen molar-refractivity contribution in [2.24, 2.45) is 17.1 Å². The van der Waals surface area contributed by atoms with Crippen molar-refractivity contribution >= 4 is 11.6 Å². The quantitative estimate of drug-likeness (QED) is 0.483. The maximum atomic E-state index is 13.8. The van der Waals surface area contributed by atoms with Crippen LogP contribution in [0.2, 0.25) is 0 Å². The fourth-order valence-electron chi connectivity index (χ4n) is 5.69. The number of aromatic nitrogens is 2. The van der Waals surface area contributed by atoms with E-state index in [1.165, 1.54) is 17.5 Å². The highest BCUT2D eigenvalue weighted by Gasteiger charge is 2.42. The minimum atomic E-state index is -4.52. The molecule has 4 N–H and O–H groups in total. The number of rotatable bonds is 7. The summed E-state index contributed by atoms with van der Waals surface area (Å²) in [4.78, 5) is 12.2. The number of nitrogens with one attached hydrogen (secondary N) is 2. The zero-order chi connectivity index (χ0) is 25.7. The smallest absolute Gasteiger partial charge is 0.382 e. The minimum Gasteiger partial charge on any atom is -0.382 e. The van der Waals surface area contributed by atoms with E-state index in [2.05, 4.69) is 29.6 Å². The van der Waals surface area contributed by atoms with Crippen molar-refractivity contribution in [3.05, 3.63) is 40.7 Å². The summed E-state index contributed by atoms with van der Waals surface area (Å²) in [5, 5.41) is 11.2. The lowest BCUT2D eigenvalue weighted by Gasteiger charge is -2.31. The van der Waals surface area contributed by atoms with Gasteiger partial charge in [0.1, 0.15) is 0 Å². The largest absolute Gasteiger partial charge is 0.435 e. The van der Waals surface area contributed by atoms with Crippen LogP contribution in [0, 0.1) is 11.3 Å². The molecule has 2 fully saturated rings. The van der Waals surface area contributed by atoms with Crippen molar-refractivity contribution in [1.29, 1.82) is 0 Å². The predicted molar refractivity (Wildman–Crippen MR) is 133 cm³/mol. The van der Waals surface area contributed by atoms with E-state index in [1.807, 2.05) is 0 Å². The number of nitrogens with two attached hydrogens (primary N) is 1. The van der Waals surface area contributed by atoms with E-state index in [0.29, 0.717) is 47.9 Å². The molecule has 0 saturated heterocycles. The lowest BCUT2D eigenvalue weighted by Crippen LogP contribution is -2.38. The Labute approximate surface area is 210 Å². The van der Waals surface area contributed by atoms with Gasteiger partial charge in [-0.1, -0.05) is 13.8 Å². The van der Waals surface area contributed by atoms with Crippen LogP contribution in [0.1, 0.15) is 86.1 Å². The third kappa shape index (κ3) is 5.41. The first-order valence-electron chi connectivity index (χ1n) is 13.1. The molecule has 3 aliphatic carbocycles. The first kappa shape index (κ1) is 25.1. The second-order valence-electron chi connectivity index (χ2n) is 11.7. The number of anilines is 1. The molecule has 2 aromatic rings. The van der Waals surface area contributed by atoms with E-state index >= 15 is 0 Å². The van der Waals surface area contributed by atoms with Gasteiger partial charge in [0.15, 0.2) is 5.69 Å². The van der Waals surface area contributed by atoms with E-state index in [0.717, 1.165) is 38.1 Å². The summed E-state index contributed by atoms with van der Waals surface area (Å²) in [6.45, 7) is 5.24. The highest BCUT2D eigenvalue weighted by atomic mass is 19.4. The molecule has 2 saturated carbocycles. The van der Waals surface area contributed by atoms with Crippen LogP contribution in [-0.4, -0.2) is 34.3 Å². The Balaban J connectivity index is 1.41. The number of fused-ring (bicyclic) bond motifs is 1. The van der Waals surface area contributed by atoms with Gasteiger partial charge in [-0.05, 0) is 93.9 Å². The average molecular weight is 504 g/mol. The number of carbonyl (C=O) groups excluding carboxylic acids is 1. The van der Waals surface area contributed by atoms with E-state index in [1.54, 1.807) is 18.2 Å². The number of nitrogens with zero attached hydrogens (tertiary/aromatic N) is 2. The molecule has 36 heavy (non-hydrogen) atoms. The zero-order valence-electron chi connectivity index (χ0n) is 21.0. The number of primary amides is 1. The summed E-state index contributed by atoms with van der Waals surface area (Å²) >= 11 is 0. The Morgan fingerprint density at radius 3 is 2.47 bits per heavy atom. The van der Waals surface area contributed by atoms with Gasteiger partial charge in [0.25, 0.3) is 5.91 Å². The van der Waals surface area contributed by atoms with Crippen molar-refractivity contribution in [1.82, 2.24) is 15.1 Å². The molecule has 1 heterocycles. The van der Waals surface area contributed by atoms with Gasteiger partial charge in [0.2, 0.25) is 0 Å². The van der Waals surface area contributed by atoms with Crippen LogP contribution >= 0.6 is 0 Å². The Morgan fingerprint density at radius 1 is 1.14 bits per heavy atom. The fourth-order valence-corrected chi connectivity index (χ4v) is 5.69. The average Bonchev–Trinajstić information content (AvgIpc) is 3.56. The number of alkyl halides is 3. The number of carbonyl (C=O) groups is 1. The SMILES string of the molecule is CC1(C)CCc2c(C(F)(F)F)nn(-c3ccc(C(N)=O)c(N[C@H]4CC[C@H](NCC5CC5)CC4)c3)c2C1. The topological polar surface area (TPSA) is 85.0 Å². The molecular weight excluding hydrogens is 467 g/mol. The summed E-state index contributed by atoms with van der Waals surface area (Å²) in [6.07, 6.45) is 3.68. The standard InChI is InChI=1S/C27H36F3N5O/c1-26(2)12-11-21-23(14-26)35(34-24(21)27(28,29)30)19-9-10-20(25(31)36)22(13-19)33-18-7-5-17(6-8-18)32-15-16-3-4-16/h9-10,13,16-18,32-33H,3-8,11-12,14-15H2,1-2H3,(H2,31,36)/t17-,18-. The predicted octanol–water partition coefficient (Wildman–Crippen LogP) is 5.23. The van der Waals surface area contributed by atoms with Gasteiger partial charge in [-0.3, -0.25) is 4.79 Å². The highest BCUT2D eigenvalue weighted by Crippen LogP contribution is 2.42. The Kier molecular flexibility index (Phi) is 6.55. The molecule has 1 aromatic heterocycles. The van der Waals surface area contributed by atoms with E-state index in [4.69, 9.17) is 5.73 Å². The van der Waals surface area contributed by atoms with Crippen LogP contribution in [0.5, 0.6) is 0 Å². The molecule has 6 nitrogen and oxygen atoms in total. The summed E-state index contributed by atoms with van der Waals surface area (Å²) in [5.74, 6) is 0.279. The third-order valence-electron chi connectivity index (χ3n) is 8.05. The maximum absolute atomic E-state index is 13.8. The van der Waals surface area contributed by atoms with Crippen LogP contribution in [0.25, 0.3) is 5.69 Å². The molecular formula is C27H36F3N5O. The first-order valence-corrected chi connectivity index (χ1v) is 13.1. The third-order valence-corrected chi connectivity index (χ3v) is 8.05. The second kappa shape index (κ2) is 9.39. The fraction of sp³-hybridized carbons (Fsp3) is 0.630. The van der Waals surface area contributed by atoms with Crippen LogP contribution in [-0.2, 0) is 19.0 Å². The van der Waals surface area contributed by atoms with E-state index in [-0.39, 0.29) is 17.0 Å². The lowest BCUT2D eigenvalue weighted by atomic mass is 9.76. The molecule has 0 bridgehead atoms. The first-order chi connectivity index (χ1) is 17.0. The second-order valence-corrected chi connectivity index (χ2v) is 11.7. The van der Waals surface area contributed by atoms with Gasteiger partial charge in [0, 0.05) is 29.0 Å². The monoisotopic (exact) mass is 503 g/mol. The summed E-state index contributed by atoms with van der Waals surface area (Å²) in [7, 11) is 0. The van der Waals surface area contributed by atoms with Crippen LogP contribution in [0.15, 0.2) is 18.2 Å². The van der Waals surface area contributed by atoms with Gasteiger partial charge < -0.3 is 16.4 Å². The van der Waals surface area contributed by atoms with Gasteiger partial charge in [0.05, 0.1) is 11.3 Å².